The van der Waals surface area contributed by atoms with Crippen molar-refractivity contribution >= 4 is 5.69 Å². The van der Waals surface area contributed by atoms with E-state index in [1.165, 1.54) is 6.07 Å². The van der Waals surface area contributed by atoms with Crippen LogP contribution in [-0.2, 0) is 0 Å². The SMILES string of the molecule is CC(C)CC(Nc1cccc(F)c1F)c1ccccc1. The highest BCUT2D eigenvalue weighted by Gasteiger charge is 2.16. The molecule has 0 aliphatic rings. The summed E-state index contributed by atoms with van der Waals surface area (Å²) < 4.78 is 27.1. The van der Waals surface area contributed by atoms with E-state index in [-0.39, 0.29) is 11.7 Å². The predicted octanol–water partition coefficient (Wildman–Crippen LogP) is 5.16. The first-order valence-corrected chi connectivity index (χ1v) is 6.83. The van der Waals surface area contributed by atoms with Gasteiger partial charge in [-0.1, -0.05) is 50.2 Å². The fraction of sp³-hybridized carbons (Fsp3) is 0.294. The average molecular weight is 275 g/mol. The molecule has 0 amide bonds. The van der Waals surface area contributed by atoms with Crippen molar-refractivity contribution in [2.45, 2.75) is 26.3 Å². The fourth-order valence-corrected chi connectivity index (χ4v) is 2.24. The van der Waals surface area contributed by atoms with E-state index in [1.54, 1.807) is 6.07 Å². The van der Waals surface area contributed by atoms with Crippen LogP contribution >= 0.6 is 0 Å². The smallest absolute Gasteiger partial charge is 0.181 e. The number of rotatable bonds is 5. The number of hydrogen-bond donors (Lipinski definition) is 1. The summed E-state index contributed by atoms with van der Waals surface area (Å²) in [6.45, 7) is 4.22. The minimum Gasteiger partial charge on any atom is -0.376 e. The molecule has 2 aromatic carbocycles. The van der Waals surface area contributed by atoms with Gasteiger partial charge in [-0.25, -0.2) is 8.78 Å². The summed E-state index contributed by atoms with van der Waals surface area (Å²) in [4.78, 5) is 0. The Balaban J connectivity index is 2.26. The Morgan fingerprint density at radius 1 is 0.950 bits per heavy atom. The van der Waals surface area contributed by atoms with Crippen LogP contribution in [0.1, 0.15) is 31.9 Å². The molecule has 0 aliphatic carbocycles. The molecule has 106 valence electrons. The minimum absolute atomic E-state index is 0.0347. The van der Waals surface area contributed by atoms with E-state index in [4.69, 9.17) is 0 Å². The second-order valence-corrected chi connectivity index (χ2v) is 5.34. The zero-order valence-corrected chi connectivity index (χ0v) is 11.7. The van der Waals surface area contributed by atoms with Gasteiger partial charge in [0, 0.05) is 0 Å². The maximum Gasteiger partial charge on any atom is 0.181 e. The Hall–Kier alpha value is -1.90. The molecule has 0 aromatic heterocycles. The van der Waals surface area contributed by atoms with Gasteiger partial charge in [-0.2, -0.15) is 0 Å². The lowest BCUT2D eigenvalue weighted by molar-refractivity contribution is 0.501. The maximum absolute atomic E-state index is 13.8. The van der Waals surface area contributed by atoms with E-state index in [9.17, 15) is 8.78 Å². The maximum atomic E-state index is 13.8. The van der Waals surface area contributed by atoms with Crippen molar-refractivity contribution in [1.29, 1.82) is 0 Å². The van der Waals surface area contributed by atoms with E-state index in [1.807, 2.05) is 30.3 Å². The summed E-state index contributed by atoms with van der Waals surface area (Å²) in [5, 5.41) is 3.12. The van der Waals surface area contributed by atoms with E-state index in [0.29, 0.717) is 5.92 Å². The van der Waals surface area contributed by atoms with Crippen LogP contribution < -0.4 is 5.32 Å². The minimum atomic E-state index is -0.827. The Morgan fingerprint density at radius 3 is 2.30 bits per heavy atom. The topological polar surface area (TPSA) is 12.0 Å². The van der Waals surface area contributed by atoms with Gasteiger partial charge in [0.15, 0.2) is 11.6 Å². The zero-order valence-electron chi connectivity index (χ0n) is 11.7. The summed E-state index contributed by atoms with van der Waals surface area (Å²) >= 11 is 0. The molecule has 0 spiro atoms. The molecular formula is C17H19F2N. The Morgan fingerprint density at radius 2 is 1.65 bits per heavy atom. The third-order valence-electron chi connectivity index (χ3n) is 3.19. The summed E-state index contributed by atoms with van der Waals surface area (Å²) in [7, 11) is 0. The molecule has 0 bridgehead atoms. The number of anilines is 1. The molecule has 0 fully saturated rings. The Kier molecular flexibility index (Phi) is 4.72. The molecule has 3 heteroatoms. The molecule has 0 radical (unpaired) electrons. The summed E-state index contributed by atoms with van der Waals surface area (Å²) in [5.74, 6) is -1.20. The van der Waals surface area contributed by atoms with Gasteiger partial charge < -0.3 is 5.32 Å². The van der Waals surface area contributed by atoms with Gasteiger partial charge in [-0.15, -0.1) is 0 Å². The number of benzene rings is 2. The van der Waals surface area contributed by atoms with Gasteiger partial charge in [0.25, 0.3) is 0 Å². The standard InChI is InChI=1S/C17H19F2N/c1-12(2)11-16(13-7-4-3-5-8-13)20-15-10-6-9-14(18)17(15)19/h3-10,12,16,20H,11H2,1-2H3. The first-order valence-electron chi connectivity index (χ1n) is 6.83. The van der Waals surface area contributed by atoms with E-state index in [0.717, 1.165) is 18.1 Å². The third-order valence-corrected chi connectivity index (χ3v) is 3.19. The summed E-state index contributed by atoms with van der Waals surface area (Å²) in [6, 6.07) is 14.0. The Labute approximate surface area is 118 Å². The summed E-state index contributed by atoms with van der Waals surface area (Å²) in [5.41, 5.74) is 1.28. The first-order chi connectivity index (χ1) is 9.58. The molecule has 1 unspecified atom stereocenters. The molecule has 0 aliphatic heterocycles. The number of halogens is 2. The molecular weight excluding hydrogens is 256 g/mol. The van der Waals surface area contributed by atoms with Gasteiger partial charge in [0.05, 0.1) is 11.7 Å². The van der Waals surface area contributed by atoms with E-state index in [2.05, 4.69) is 19.2 Å². The van der Waals surface area contributed by atoms with E-state index < -0.39 is 11.6 Å². The number of nitrogens with one attached hydrogen (secondary N) is 1. The van der Waals surface area contributed by atoms with Gasteiger partial charge >= 0.3 is 0 Å². The van der Waals surface area contributed by atoms with Crippen LogP contribution in [0.5, 0.6) is 0 Å². The molecule has 1 atom stereocenters. The van der Waals surface area contributed by atoms with Crippen LogP contribution in [0.3, 0.4) is 0 Å². The van der Waals surface area contributed by atoms with E-state index >= 15 is 0 Å². The normalized spacial score (nSPS) is 12.4. The molecule has 0 saturated carbocycles. The van der Waals surface area contributed by atoms with Gasteiger partial charge in [0.1, 0.15) is 0 Å². The molecule has 0 saturated heterocycles. The van der Waals surface area contributed by atoms with Crippen molar-refractivity contribution in [3.8, 4) is 0 Å². The van der Waals surface area contributed by atoms with Gasteiger partial charge in [-0.05, 0) is 30.0 Å². The summed E-state index contributed by atoms with van der Waals surface area (Å²) in [6.07, 6.45) is 0.847. The molecule has 2 aromatic rings. The lowest BCUT2D eigenvalue weighted by Crippen LogP contribution is -2.14. The molecule has 20 heavy (non-hydrogen) atoms. The zero-order chi connectivity index (χ0) is 14.5. The third kappa shape index (κ3) is 3.56. The van der Waals surface area contributed by atoms with Crippen LogP contribution in [0.2, 0.25) is 0 Å². The second kappa shape index (κ2) is 6.51. The molecule has 1 nitrogen and oxygen atoms in total. The van der Waals surface area contributed by atoms with Crippen molar-refractivity contribution in [2.75, 3.05) is 5.32 Å². The monoisotopic (exact) mass is 275 g/mol. The number of hydrogen-bond acceptors (Lipinski definition) is 1. The second-order valence-electron chi connectivity index (χ2n) is 5.34. The van der Waals surface area contributed by atoms with Crippen molar-refractivity contribution in [3.63, 3.8) is 0 Å². The van der Waals surface area contributed by atoms with Crippen LogP contribution in [-0.4, -0.2) is 0 Å². The van der Waals surface area contributed by atoms with Crippen LogP contribution in [0.4, 0.5) is 14.5 Å². The first kappa shape index (κ1) is 14.5. The van der Waals surface area contributed by atoms with Crippen molar-refractivity contribution in [2.24, 2.45) is 5.92 Å². The quantitative estimate of drug-likeness (QED) is 0.794. The van der Waals surface area contributed by atoms with Crippen LogP contribution in [0.25, 0.3) is 0 Å². The highest BCUT2D eigenvalue weighted by atomic mass is 19.2. The van der Waals surface area contributed by atoms with Crippen LogP contribution in [0, 0.1) is 17.6 Å². The highest BCUT2D eigenvalue weighted by molar-refractivity contribution is 5.47. The van der Waals surface area contributed by atoms with Gasteiger partial charge in [-0.3, -0.25) is 0 Å². The highest BCUT2D eigenvalue weighted by Crippen LogP contribution is 2.27. The van der Waals surface area contributed by atoms with Crippen molar-refractivity contribution in [3.05, 3.63) is 65.7 Å². The molecule has 2 rings (SSSR count). The Bertz CT molecular complexity index is 552. The molecule has 1 N–H and O–H groups in total. The van der Waals surface area contributed by atoms with Crippen molar-refractivity contribution in [1.82, 2.24) is 0 Å². The van der Waals surface area contributed by atoms with Crippen LogP contribution in [0.15, 0.2) is 48.5 Å². The fourth-order valence-electron chi connectivity index (χ4n) is 2.24. The lowest BCUT2D eigenvalue weighted by atomic mass is 9.96. The van der Waals surface area contributed by atoms with Crippen molar-refractivity contribution < 1.29 is 8.78 Å². The average Bonchev–Trinajstić information content (AvgIpc) is 2.43. The van der Waals surface area contributed by atoms with Gasteiger partial charge in [0.2, 0.25) is 0 Å². The predicted molar refractivity (Wildman–Crippen MR) is 78.6 cm³/mol. The lowest BCUT2D eigenvalue weighted by Gasteiger charge is -2.22. The largest absolute Gasteiger partial charge is 0.376 e. The molecule has 0 heterocycles.